The summed E-state index contributed by atoms with van der Waals surface area (Å²) in [5.74, 6) is 2.26. The zero-order chi connectivity index (χ0) is 18.5. The van der Waals surface area contributed by atoms with Gasteiger partial charge >= 0.3 is 0 Å². The minimum Gasteiger partial charge on any atom is -0.345 e. The van der Waals surface area contributed by atoms with Gasteiger partial charge in [0.1, 0.15) is 5.82 Å². The minimum atomic E-state index is 0.154. The highest BCUT2D eigenvalue weighted by atomic mass is 16.2. The van der Waals surface area contributed by atoms with E-state index < -0.39 is 0 Å². The van der Waals surface area contributed by atoms with Crippen molar-refractivity contribution < 1.29 is 4.79 Å². The topological polar surface area (TPSA) is 69.5 Å². The van der Waals surface area contributed by atoms with Gasteiger partial charge in [0.25, 0.3) is 0 Å². The van der Waals surface area contributed by atoms with Crippen LogP contribution in [0.4, 0.5) is 0 Å². The number of carbonyl (C=O) groups is 1. The molecular formula is C20H26N6O. The number of amides is 1. The average Bonchev–Trinajstić information content (AvgIpc) is 3.39. The van der Waals surface area contributed by atoms with E-state index >= 15 is 0 Å². The maximum Gasteiger partial charge on any atom is 0.227 e. The first kappa shape index (κ1) is 16.7. The van der Waals surface area contributed by atoms with Crippen LogP contribution in [0.5, 0.6) is 0 Å². The summed E-state index contributed by atoms with van der Waals surface area (Å²) in [4.78, 5) is 29.8. The van der Waals surface area contributed by atoms with Crippen molar-refractivity contribution in [3.8, 4) is 0 Å². The van der Waals surface area contributed by atoms with Crippen molar-refractivity contribution in [2.24, 2.45) is 11.8 Å². The number of hydrogen-bond donors (Lipinski definition) is 1. The van der Waals surface area contributed by atoms with E-state index in [4.69, 9.17) is 4.98 Å². The molecule has 2 saturated heterocycles. The van der Waals surface area contributed by atoms with Crippen molar-refractivity contribution in [2.45, 2.75) is 25.7 Å². The van der Waals surface area contributed by atoms with Crippen LogP contribution < -0.4 is 0 Å². The third-order valence-electron chi connectivity index (χ3n) is 6.43. The first-order valence-electron chi connectivity index (χ1n) is 9.88. The molecule has 1 N–H and O–H groups in total. The molecule has 0 aliphatic carbocycles. The maximum atomic E-state index is 13.1. The Kier molecular flexibility index (Phi) is 3.93. The van der Waals surface area contributed by atoms with Gasteiger partial charge in [0.15, 0.2) is 5.65 Å². The van der Waals surface area contributed by atoms with E-state index in [1.165, 1.54) is 0 Å². The fraction of sp³-hybridized carbons (Fsp3) is 0.550. The molecule has 5 rings (SSSR count). The van der Waals surface area contributed by atoms with Crippen LogP contribution in [0, 0.1) is 11.8 Å². The van der Waals surface area contributed by atoms with Crippen LogP contribution in [0.15, 0.2) is 24.7 Å². The lowest BCUT2D eigenvalue weighted by Crippen LogP contribution is -2.45. The van der Waals surface area contributed by atoms with Gasteiger partial charge < -0.3 is 14.8 Å². The summed E-state index contributed by atoms with van der Waals surface area (Å²) in [6.07, 6.45) is 7.68. The molecule has 3 atom stereocenters. The molecule has 0 spiro atoms. The smallest absolute Gasteiger partial charge is 0.227 e. The van der Waals surface area contributed by atoms with Gasteiger partial charge in [-0.1, -0.05) is 6.92 Å². The Balaban J connectivity index is 1.48. The molecule has 0 aromatic carbocycles. The number of nitrogens with one attached hydrogen (secondary N) is 1. The van der Waals surface area contributed by atoms with Crippen LogP contribution in [0.3, 0.4) is 0 Å². The van der Waals surface area contributed by atoms with E-state index in [0.717, 1.165) is 61.5 Å². The van der Waals surface area contributed by atoms with Gasteiger partial charge in [0, 0.05) is 31.7 Å². The summed E-state index contributed by atoms with van der Waals surface area (Å²) in [6, 6.07) is 2.05. The van der Waals surface area contributed by atoms with Crippen molar-refractivity contribution in [1.82, 2.24) is 29.2 Å². The highest BCUT2D eigenvalue weighted by Gasteiger charge is 2.36. The number of hydrogen-bond acceptors (Lipinski definition) is 4. The van der Waals surface area contributed by atoms with Crippen molar-refractivity contribution in [3.63, 3.8) is 0 Å². The lowest BCUT2D eigenvalue weighted by Gasteiger charge is -2.37. The zero-order valence-electron chi connectivity index (χ0n) is 15.9. The Bertz CT molecular complexity index is 991. The Hall–Kier alpha value is -2.41. The predicted octanol–water partition coefficient (Wildman–Crippen LogP) is 2.11. The standard InChI is InChI=1S/C20H26N6O/c1-13-4-8-25(20(27)14-5-7-24(2)11-14)12-16(13)19-23-10-15-9-22-18-17(26(15)19)3-6-21-18/h3,6,9-10,13-14,16,21H,4-5,7-8,11-12H2,1-2H3/t13-,14?,16+/m1/s1. The predicted molar refractivity (Wildman–Crippen MR) is 104 cm³/mol. The van der Waals surface area contributed by atoms with Crippen molar-refractivity contribution in [2.75, 3.05) is 33.2 Å². The zero-order valence-corrected chi connectivity index (χ0v) is 15.9. The number of fused-ring (bicyclic) bond motifs is 3. The van der Waals surface area contributed by atoms with Crippen LogP contribution in [-0.2, 0) is 4.79 Å². The van der Waals surface area contributed by atoms with Gasteiger partial charge in [0.2, 0.25) is 5.91 Å². The van der Waals surface area contributed by atoms with Gasteiger partial charge in [0.05, 0.1) is 29.3 Å². The van der Waals surface area contributed by atoms with Crippen LogP contribution in [0.2, 0.25) is 0 Å². The Labute approximate surface area is 158 Å². The fourth-order valence-electron chi connectivity index (χ4n) is 4.76. The van der Waals surface area contributed by atoms with Gasteiger partial charge in [-0.05, 0) is 38.4 Å². The molecule has 7 heteroatoms. The first-order valence-corrected chi connectivity index (χ1v) is 9.88. The monoisotopic (exact) mass is 366 g/mol. The quantitative estimate of drug-likeness (QED) is 0.754. The third-order valence-corrected chi connectivity index (χ3v) is 6.43. The summed E-state index contributed by atoms with van der Waals surface area (Å²) in [6.45, 7) is 5.81. The normalized spacial score (nSPS) is 27.0. The molecule has 0 bridgehead atoms. The molecule has 3 aromatic heterocycles. The SMILES string of the molecule is C[C@@H]1CCN(C(=O)C2CCN(C)C2)C[C@@H]1c1ncc2cnc3[nH]ccc3n12. The van der Waals surface area contributed by atoms with E-state index in [1.54, 1.807) is 0 Å². The number of aromatic nitrogens is 4. The number of rotatable bonds is 2. The molecule has 1 amide bonds. The Morgan fingerprint density at radius 2 is 2.04 bits per heavy atom. The van der Waals surface area contributed by atoms with Crippen molar-refractivity contribution in [3.05, 3.63) is 30.5 Å². The molecule has 3 aromatic rings. The van der Waals surface area contributed by atoms with E-state index in [0.29, 0.717) is 11.8 Å². The maximum absolute atomic E-state index is 13.1. The van der Waals surface area contributed by atoms with Crippen LogP contribution in [0.1, 0.15) is 31.5 Å². The summed E-state index contributed by atoms with van der Waals surface area (Å²) >= 11 is 0. The third kappa shape index (κ3) is 2.72. The van der Waals surface area contributed by atoms with Gasteiger partial charge in [-0.2, -0.15) is 0 Å². The molecular weight excluding hydrogens is 340 g/mol. The molecule has 142 valence electrons. The molecule has 0 radical (unpaired) electrons. The number of aromatic amines is 1. The summed E-state index contributed by atoms with van der Waals surface area (Å²) in [5.41, 5.74) is 2.92. The fourth-order valence-corrected chi connectivity index (χ4v) is 4.76. The van der Waals surface area contributed by atoms with Crippen molar-refractivity contribution >= 4 is 22.6 Å². The van der Waals surface area contributed by atoms with Crippen LogP contribution in [0.25, 0.3) is 16.7 Å². The van der Waals surface area contributed by atoms with E-state index in [1.807, 2.05) is 24.7 Å². The number of piperidine rings is 1. The summed E-state index contributed by atoms with van der Waals surface area (Å²) in [7, 11) is 2.10. The second-order valence-corrected chi connectivity index (χ2v) is 8.25. The number of carbonyl (C=O) groups excluding carboxylic acids is 1. The van der Waals surface area contributed by atoms with Crippen molar-refractivity contribution in [1.29, 1.82) is 0 Å². The van der Waals surface area contributed by atoms with Gasteiger partial charge in [-0.3, -0.25) is 9.20 Å². The number of likely N-dealkylation sites (tertiary alicyclic amines) is 2. The minimum absolute atomic E-state index is 0.154. The summed E-state index contributed by atoms with van der Waals surface area (Å²) < 4.78 is 2.21. The molecule has 2 fully saturated rings. The molecule has 1 unspecified atom stereocenters. The number of nitrogens with zero attached hydrogens (tertiary/aromatic N) is 5. The lowest BCUT2D eigenvalue weighted by atomic mass is 9.85. The molecule has 27 heavy (non-hydrogen) atoms. The van der Waals surface area contributed by atoms with Crippen LogP contribution in [-0.4, -0.2) is 68.3 Å². The second kappa shape index (κ2) is 6.34. The van der Waals surface area contributed by atoms with Crippen LogP contribution >= 0.6 is 0 Å². The molecule has 2 aliphatic heterocycles. The summed E-state index contributed by atoms with van der Waals surface area (Å²) in [5, 5.41) is 0. The van der Waals surface area contributed by atoms with E-state index in [-0.39, 0.29) is 11.8 Å². The van der Waals surface area contributed by atoms with Gasteiger partial charge in [-0.15, -0.1) is 0 Å². The Morgan fingerprint density at radius 3 is 2.85 bits per heavy atom. The highest BCUT2D eigenvalue weighted by molar-refractivity contribution is 5.80. The first-order chi connectivity index (χ1) is 13.1. The molecule has 0 saturated carbocycles. The average molecular weight is 366 g/mol. The second-order valence-electron chi connectivity index (χ2n) is 8.25. The largest absolute Gasteiger partial charge is 0.345 e. The highest BCUT2D eigenvalue weighted by Crippen LogP contribution is 2.34. The molecule has 2 aliphatic rings. The molecule has 5 heterocycles. The van der Waals surface area contributed by atoms with E-state index in [9.17, 15) is 4.79 Å². The molecule has 7 nitrogen and oxygen atoms in total. The van der Waals surface area contributed by atoms with Gasteiger partial charge in [-0.25, -0.2) is 9.97 Å². The number of H-pyrrole nitrogens is 1. The Morgan fingerprint density at radius 1 is 1.19 bits per heavy atom. The van der Waals surface area contributed by atoms with E-state index in [2.05, 4.69) is 38.1 Å². The number of imidazole rings is 1. The lowest BCUT2D eigenvalue weighted by molar-refractivity contribution is -0.136.